The molecule has 1 aliphatic rings. The maximum absolute atomic E-state index is 14.0. The van der Waals surface area contributed by atoms with Gasteiger partial charge in [0.15, 0.2) is 5.82 Å². The first-order valence-corrected chi connectivity index (χ1v) is 12.5. The molecule has 1 aliphatic heterocycles. The summed E-state index contributed by atoms with van der Waals surface area (Å²) >= 11 is 1.21. The molecule has 0 saturated carbocycles. The number of imidazole rings is 1. The van der Waals surface area contributed by atoms with Crippen molar-refractivity contribution >= 4 is 40.1 Å². The monoisotopic (exact) mass is 500 g/mol. The summed E-state index contributed by atoms with van der Waals surface area (Å²) in [6.07, 6.45) is 4.17. The van der Waals surface area contributed by atoms with Gasteiger partial charge in [0.05, 0.1) is 29.2 Å². The lowest BCUT2D eigenvalue weighted by Crippen LogP contribution is -2.51. The minimum Gasteiger partial charge on any atom is -0.345 e. The van der Waals surface area contributed by atoms with E-state index in [0.717, 1.165) is 24.3 Å². The fraction of sp³-hybridized carbons (Fsp3) is 0.458. The molecule has 2 unspecified atom stereocenters. The SMILES string of the molecule is Cc1ncc(C(=O)NC(CC(=O)N2CCCCC2C)C(=O)N[C@@H](C)c2nc3c(F)cccc3[nH]2)s1. The molecule has 186 valence electrons. The number of likely N-dealkylation sites (tertiary alicyclic amines) is 1. The van der Waals surface area contributed by atoms with E-state index >= 15 is 0 Å². The summed E-state index contributed by atoms with van der Waals surface area (Å²) in [5.41, 5.74) is 0.698. The van der Waals surface area contributed by atoms with Crippen LogP contribution in [0.25, 0.3) is 11.0 Å². The van der Waals surface area contributed by atoms with Gasteiger partial charge in [-0.05, 0) is 52.2 Å². The number of carbonyl (C=O) groups is 3. The van der Waals surface area contributed by atoms with E-state index in [0.29, 0.717) is 22.8 Å². The highest BCUT2D eigenvalue weighted by Gasteiger charge is 2.31. The van der Waals surface area contributed by atoms with Crippen molar-refractivity contribution in [3.8, 4) is 0 Å². The number of aromatic amines is 1. The number of aryl methyl sites for hydroxylation is 1. The number of carbonyl (C=O) groups excluding carboxylic acids is 3. The molecule has 0 aliphatic carbocycles. The molecule has 3 atom stereocenters. The lowest BCUT2D eigenvalue weighted by molar-refractivity contribution is -0.137. The molecule has 1 saturated heterocycles. The third-order valence-corrected chi connectivity index (χ3v) is 7.13. The van der Waals surface area contributed by atoms with Gasteiger partial charge in [-0.15, -0.1) is 11.3 Å². The first kappa shape index (κ1) is 24.8. The molecule has 1 aromatic carbocycles. The van der Waals surface area contributed by atoms with Crippen molar-refractivity contribution in [1.82, 2.24) is 30.5 Å². The zero-order valence-electron chi connectivity index (χ0n) is 19.9. The van der Waals surface area contributed by atoms with Gasteiger partial charge in [-0.2, -0.15) is 0 Å². The van der Waals surface area contributed by atoms with Crippen molar-refractivity contribution in [2.45, 2.75) is 64.6 Å². The number of H-pyrrole nitrogens is 1. The quantitative estimate of drug-likeness (QED) is 0.460. The van der Waals surface area contributed by atoms with Crippen molar-refractivity contribution in [3.05, 3.63) is 45.9 Å². The number of benzene rings is 1. The zero-order chi connectivity index (χ0) is 25.1. The fourth-order valence-electron chi connectivity index (χ4n) is 4.27. The molecule has 1 fully saturated rings. The average molecular weight is 501 g/mol. The van der Waals surface area contributed by atoms with Crippen molar-refractivity contribution in [2.75, 3.05) is 6.54 Å². The molecule has 0 radical (unpaired) electrons. The van der Waals surface area contributed by atoms with Crippen LogP contribution < -0.4 is 10.6 Å². The van der Waals surface area contributed by atoms with Gasteiger partial charge in [0.2, 0.25) is 11.8 Å². The van der Waals surface area contributed by atoms with E-state index in [4.69, 9.17) is 0 Å². The Bertz CT molecular complexity index is 1240. The predicted molar refractivity (Wildman–Crippen MR) is 130 cm³/mol. The van der Waals surface area contributed by atoms with Crippen LogP contribution in [0, 0.1) is 12.7 Å². The first-order chi connectivity index (χ1) is 16.7. The van der Waals surface area contributed by atoms with Gasteiger partial charge in [-0.3, -0.25) is 14.4 Å². The number of nitrogens with one attached hydrogen (secondary N) is 3. The topological polar surface area (TPSA) is 120 Å². The minimum atomic E-state index is -1.09. The molecular formula is C24H29FN6O3S. The number of fused-ring (bicyclic) bond motifs is 1. The molecule has 3 amide bonds. The van der Waals surface area contributed by atoms with Crippen LogP contribution in [0.4, 0.5) is 4.39 Å². The van der Waals surface area contributed by atoms with Crippen molar-refractivity contribution in [2.24, 2.45) is 0 Å². The number of hydrogen-bond acceptors (Lipinski definition) is 6. The van der Waals surface area contributed by atoms with E-state index in [1.54, 1.807) is 30.9 Å². The van der Waals surface area contributed by atoms with Crippen molar-refractivity contribution in [1.29, 1.82) is 0 Å². The fourth-order valence-corrected chi connectivity index (χ4v) is 4.95. The Kier molecular flexibility index (Phi) is 7.44. The number of para-hydroxylation sites is 1. The summed E-state index contributed by atoms with van der Waals surface area (Å²) in [5.74, 6) is -1.26. The molecule has 9 nitrogen and oxygen atoms in total. The Morgan fingerprint density at radius 1 is 1.29 bits per heavy atom. The number of thiazole rings is 1. The predicted octanol–water partition coefficient (Wildman–Crippen LogP) is 3.23. The van der Waals surface area contributed by atoms with Crippen LogP contribution in [0.2, 0.25) is 0 Å². The van der Waals surface area contributed by atoms with Crippen LogP contribution in [-0.4, -0.2) is 56.2 Å². The molecule has 11 heteroatoms. The molecule has 3 heterocycles. The maximum Gasteiger partial charge on any atom is 0.263 e. The highest BCUT2D eigenvalue weighted by molar-refractivity contribution is 7.13. The number of aromatic nitrogens is 3. The highest BCUT2D eigenvalue weighted by Crippen LogP contribution is 2.20. The number of piperidine rings is 1. The number of nitrogens with zero attached hydrogens (tertiary/aromatic N) is 3. The van der Waals surface area contributed by atoms with Gasteiger partial charge in [-0.25, -0.2) is 14.4 Å². The largest absolute Gasteiger partial charge is 0.345 e. The molecule has 2 aromatic heterocycles. The lowest BCUT2D eigenvalue weighted by atomic mass is 10.0. The van der Waals surface area contributed by atoms with E-state index in [-0.39, 0.29) is 23.9 Å². The Labute approximate surface area is 206 Å². The number of halogens is 1. The standard InChI is InChI=1S/C24H29FN6O3S/c1-13-7-4-5-10-31(13)20(32)11-18(29-24(34)19-12-26-15(3)35-19)23(33)27-14(2)22-28-17-9-6-8-16(25)21(17)30-22/h6,8-9,12-14,18H,4-5,7,10-11H2,1-3H3,(H,27,33)(H,28,30)(H,29,34)/t13?,14-,18?/m0/s1. The van der Waals surface area contributed by atoms with Crippen LogP contribution in [-0.2, 0) is 9.59 Å². The van der Waals surface area contributed by atoms with Crippen LogP contribution in [0.15, 0.2) is 24.4 Å². The smallest absolute Gasteiger partial charge is 0.263 e. The Balaban J connectivity index is 1.51. The van der Waals surface area contributed by atoms with Crippen molar-refractivity contribution in [3.63, 3.8) is 0 Å². The van der Waals surface area contributed by atoms with Crippen LogP contribution in [0.1, 0.15) is 66.1 Å². The second kappa shape index (κ2) is 10.5. The van der Waals surface area contributed by atoms with Gasteiger partial charge in [0, 0.05) is 12.6 Å². The Morgan fingerprint density at radius 3 is 2.77 bits per heavy atom. The van der Waals surface area contributed by atoms with Gasteiger partial charge in [0.1, 0.15) is 22.3 Å². The number of amides is 3. The normalized spacial score (nSPS) is 17.7. The molecule has 35 heavy (non-hydrogen) atoms. The van der Waals surface area contributed by atoms with Crippen LogP contribution in [0.5, 0.6) is 0 Å². The Hall–Kier alpha value is -3.34. The second-order valence-corrected chi connectivity index (χ2v) is 10.1. The third-order valence-electron chi connectivity index (χ3n) is 6.22. The lowest BCUT2D eigenvalue weighted by Gasteiger charge is -2.34. The van der Waals surface area contributed by atoms with E-state index in [9.17, 15) is 18.8 Å². The van der Waals surface area contributed by atoms with Gasteiger partial charge < -0.3 is 20.5 Å². The van der Waals surface area contributed by atoms with Crippen molar-refractivity contribution < 1.29 is 18.8 Å². The van der Waals surface area contributed by atoms with Crippen LogP contribution in [0.3, 0.4) is 0 Å². The van der Waals surface area contributed by atoms with E-state index in [2.05, 4.69) is 25.6 Å². The molecular weight excluding hydrogens is 471 g/mol. The second-order valence-electron chi connectivity index (χ2n) is 8.89. The van der Waals surface area contributed by atoms with E-state index in [1.807, 2.05) is 6.92 Å². The zero-order valence-corrected chi connectivity index (χ0v) is 20.7. The minimum absolute atomic E-state index is 0.0872. The van der Waals surface area contributed by atoms with Gasteiger partial charge in [0.25, 0.3) is 5.91 Å². The van der Waals surface area contributed by atoms with Crippen LogP contribution >= 0.6 is 11.3 Å². The molecule has 4 rings (SSSR count). The van der Waals surface area contributed by atoms with E-state index < -0.39 is 29.7 Å². The summed E-state index contributed by atoms with van der Waals surface area (Å²) in [4.78, 5) is 52.6. The first-order valence-electron chi connectivity index (χ1n) is 11.7. The molecule has 0 spiro atoms. The molecule has 0 bridgehead atoms. The number of hydrogen-bond donors (Lipinski definition) is 3. The number of rotatable bonds is 7. The summed E-state index contributed by atoms with van der Waals surface area (Å²) < 4.78 is 14.0. The average Bonchev–Trinajstić information content (AvgIpc) is 3.46. The summed E-state index contributed by atoms with van der Waals surface area (Å²) in [6, 6.07) is 2.98. The summed E-state index contributed by atoms with van der Waals surface area (Å²) in [5, 5.41) is 6.23. The van der Waals surface area contributed by atoms with E-state index in [1.165, 1.54) is 23.6 Å². The Morgan fingerprint density at radius 2 is 2.09 bits per heavy atom. The summed E-state index contributed by atoms with van der Waals surface area (Å²) in [6.45, 7) is 6.11. The van der Waals surface area contributed by atoms with Gasteiger partial charge in [-0.1, -0.05) is 6.07 Å². The molecule has 3 N–H and O–H groups in total. The highest BCUT2D eigenvalue weighted by atomic mass is 32.1. The molecule has 3 aromatic rings. The van der Waals surface area contributed by atoms with Gasteiger partial charge >= 0.3 is 0 Å². The maximum atomic E-state index is 14.0. The third kappa shape index (κ3) is 5.67. The summed E-state index contributed by atoms with van der Waals surface area (Å²) in [7, 11) is 0.